The van der Waals surface area contributed by atoms with E-state index < -0.39 is 0 Å². The normalized spacial score (nSPS) is 16.8. The largest absolute Gasteiger partial charge is 0.382 e. The van der Waals surface area contributed by atoms with Crippen LogP contribution in [0.15, 0.2) is 28.8 Å². The lowest BCUT2D eigenvalue weighted by Crippen LogP contribution is -2.38. The van der Waals surface area contributed by atoms with Crippen molar-refractivity contribution in [2.24, 2.45) is 5.73 Å². The molecule has 1 aliphatic rings. The van der Waals surface area contributed by atoms with Crippen LogP contribution in [0.2, 0.25) is 0 Å². The number of aromatic nitrogens is 2. The summed E-state index contributed by atoms with van der Waals surface area (Å²) < 4.78 is 5.04. The molecular formula is C16H23N5O. The van der Waals surface area contributed by atoms with Gasteiger partial charge in [-0.25, -0.2) is 0 Å². The molecular weight excluding hydrogens is 278 g/mol. The topological polar surface area (TPSA) is 80.2 Å². The molecule has 1 aromatic heterocycles. The molecule has 6 heteroatoms. The number of nitrogens with two attached hydrogens (primary N) is 1. The zero-order valence-corrected chi connectivity index (χ0v) is 13.0. The molecule has 0 bridgehead atoms. The van der Waals surface area contributed by atoms with Crippen molar-refractivity contribution in [1.82, 2.24) is 15.0 Å². The highest BCUT2D eigenvalue weighted by Crippen LogP contribution is 2.18. The lowest BCUT2D eigenvalue weighted by atomic mass is 10.0. The Kier molecular flexibility index (Phi) is 4.70. The summed E-state index contributed by atoms with van der Waals surface area (Å²) in [6, 6.07) is 9.07. The predicted molar refractivity (Wildman–Crippen MR) is 85.3 cm³/mol. The van der Waals surface area contributed by atoms with Gasteiger partial charge in [0, 0.05) is 24.8 Å². The maximum atomic E-state index is 5.48. The van der Waals surface area contributed by atoms with Crippen LogP contribution in [0.3, 0.4) is 0 Å². The summed E-state index contributed by atoms with van der Waals surface area (Å²) in [4.78, 5) is 6.62. The second kappa shape index (κ2) is 6.89. The Morgan fingerprint density at radius 3 is 2.86 bits per heavy atom. The first kappa shape index (κ1) is 15.0. The van der Waals surface area contributed by atoms with Crippen molar-refractivity contribution in [3.63, 3.8) is 0 Å². The van der Waals surface area contributed by atoms with Crippen LogP contribution in [0.5, 0.6) is 0 Å². The molecule has 0 saturated carbocycles. The van der Waals surface area contributed by atoms with Gasteiger partial charge >= 0.3 is 0 Å². The van der Waals surface area contributed by atoms with Crippen molar-refractivity contribution in [2.45, 2.75) is 38.9 Å². The van der Waals surface area contributed by atoms with Gasteiger partial charge in [-0.3, -0.25) is 4.90 Å². The number of anilines is 1. The average Bonchev–Trinajstić information content (AvgIpc) is 2.97. The summed E-state index contributed by atoms with van der Waals surface area (Å²) in [5.74, 6) is 1.23. The molecule has 1 fully saturated rings. The van der Waals surface area contributed by atoms with Crippen molar-refractivity contribution in [2.75, 3.05) is 18.4 Å². The van der Waals surface area contributed by atoms with Gasteiger partial charge in [-0.05, 0) is 37.5 Å². The molecule has 3 N–H and O–H groups in total. The van der Waals surface area contributed by atoms with Crippen molar-refractivity contribution < 1.29 is 4.52 Å². The molecule has 0 radical (unpaired) electrons. The van der Waals surface area contributed by atoms with Crippen molar-refractivity contribution >= 4 is 5.69 Å². The SMILES string of the molecule is Cc1cccc(NC2CCN(Cc3noc(CN)n3)CC2)c1. The third-order valence-corrected chi connectivity index (χ3v) is 4.03. The smallest absolute Gasteiger partial charge is 0.240 e. The standard InChI is InChI=1S/C16H23N5O/c1-12-3-2-4-14(9-12)18-13-5-7-21(8-6-13)11-15-19-16(10-17)22-20-15/h2-4,9,13,18H,5-8,10-11,17H2,1H3. The van der Waals surface area contributed by atoms with E-state index in [0.717, 1.165) is 38.3 Å². The zero-order valence-electron chi connectivity index (χ0n) is 13.0. The van der Waals surface area contributed by atoms with Crippen LogP contribution in [0, 0.1) is 6.92 Å². The molecule has 0 unspecified atom stereocenters. The van der Waals surface area contributed by atoms with Gasteiger partial charge in [0.15, 0.2) is 5.82 Å². The lowest BCUT2D eigenvalue weighted by molar-refractivity contribution is 0.204. The van der Waals surface area contributed by atoms with E-state index in [4.69, 9.17) is 10.3 Å². The fourth-order valence-electron chi connectivity index (χ4n) is 2.84. The molecule has 0 atom stereocenters. The number of hydrogen-bond acceptors (Lipinski definition) is 6. The van der Waals surface area contributed by atoms with E-state index in [1.165, 1.54) is 11.3 Å². The highest BCUT2D eigenvalue weighted by molar-refractivity contribution is 5.46. The molecule has 22 heavy (non-hydrogen) atoms. The minimum absolute atomic E-state index is 0.301. The van der Waals surface area contributed by atoms with Crippen LogP contribution in [0.1, 0.15) is 30.1 Å². The first-order chi connectivity index (χ1) is 10.7. The second-order valence-corrected chi connectivity index (χ2v) is 5.87. The zero-order chi connectivity index (χ0) is 15.4. The fraction of sp³-hybridized carbons (Fsp3) is 0.500. The molecule has 118 valence electrons. The Hall–Kier alpha value is -1.92. The number of nitrogens with one attached hydrogen (secondary N) is 1. The first-order valence-corrected chi connectivity index (χ1v) is 7.80. The Balaban J connectivity index is 1.47. The van der Waals surface area contributed by atoms with Crippen LogP contribution in [-0.4, -0.2) is 34.2 Å². The van der Waals surface area contributed by atoms with E-state index >= 15 is 0 Å². The molecule has 0 aliphatic carbocycles. The van der Waals surface area contributed by atoms with E-state index in [1.807, 2.05) is 0 Å². The fourth-order valence-corrected chi connectivity index (χ4v) is 2.84. The number of hydrogen-bond donors (Lipinski definition) is 2. The molecule has 2 heterocycles. The lowest BCUT2D eigenvalue weighted by Gasteiger charge is -2.32. The van der Waals surface area contributed by atoms with E-state index in [2.05, 4.69) is 51.5 Å². The summed E-state index contributed by atoms with van der Waals surface area (Å²) in [6.45, 7) is 5.23. The molecule has 2 aromatic rings. The van der Waals surface area contributed by atoms with Gasteiger partial charge in [0.05, 0.1) is 13.1 Å². The molecule has 1 aromatic carbocycles. The highest BCUT2D eigenvalue weighted by Gasteiger charge is 2.20. The third kappa shape index (κ3) is 3.84. The minimum atomic E-state index is 0.301. The number of aryl methyl sites for hydroxylation is 1. The van der Waals surface area contributed by atoms with Gasteiger partial charge in [0.25, 0.3) is 0 Å². The van der Waals surface area contributed by atoms with Crippen LogP contribution < -0.4 is 11.1 Å². The van der Waals surface area contributed by atoms with E-state index in [-0.39, 0.29) is 0 Å². The number of benzene rings is 1. The van der Waals surface area contributed by atoms with Crippen molar-refractivity contribution in [3.05, 3.63) is 41.5 Å². The van der Waals surface area contributed by atoms with Crippen LogP contribution in [0.25, 0.3) is 0 Å². The summed E-state index contributed by atoms with van der Waals surface area (Å²) in [5.41, 5.74) is 7.98. The van der Waals surface area contributed by atoms with Crippen LogP contribution in [-0.2, 0) is 13.1 Å². The minimum Gasteiger partial charge on any atom is -0.382 e. The number of rotatable bonds is 5. The van der Waals surface area contributed by atoms with Gasteiger partial charge in [-0.15, -0.1) is 0 Å². The number of likely N-dealkylation sites (tertiary alicyclic amines) is 1. The summed E-state index contributed by atoms with van der Waals surface area (Å²) >= 11 is 0. The Morgan fingerprint density at radius 2 is 2.18 bits per heavy atom. The molecule has 6 nitrogen and oxygen atoms in total. The summed E-state index contributed by atoms with van der Waals surface area (Å²) in [6.07, 6.45) is 2.24. The molecule has 1 saturated heterocycles. The monoisotopic (exact) mass is 301 g/mol. The quantitative estimate of drug-likeness (QED) is 0.878. The van der Waals surface area contributed by atoms with Crippen LogP contribution >= 0.6 is 0 Å². The van der Waals surface area contributed by atoms with Crippen molar-refractivity contribution in [1.29, 1.82) is 0 Å². The van der Waals surface area contributed by atoms with Gasteiger partial charge in [-0.1, -0.05) is 17.3 Å². The third-order valence-electron chi connectivity index (χ3n) is 4.03. The molecule has 0 spiro atoms. The Morgan fingerprint density at radius 1 is 1.36 bits per heavy atom. The molecule has 3 rings (SSSR count). The number of piperidine rings is 1. The Bertz CT molecular complexity index is 604. The van der Waals surface area contributed by atoms with Crippen molar-refractivity contribution in [3.8, 4) is 0 Å². The molecule has 1 aliphatic heterocycles. The van der Waals surface area contributed by atoms with Gasteiger partial charge in [-0.2, -0.15) is 4.98 Å². The maximum absolute atomic E-state index is 5.48. The summed E-state index contributed by atoms with van der Waals surface area (Å²) in [5, 5.41) is 7.58. The number of nitrogens with zero attached hydrogens (tertiary/aromatic N) is 3. The van der Waals surface area contributed by atoms with Gasteiger partial charge in [0.1, 0.15) is 0 Å². The average molecular weight is 301 g/mol. The van der Waals surface area contributed by atoms with E-state index in [1.54, 1.807) is 0 Å². The maximum Gasteiger partial charge on any atom is 0.240 e. The van der Waals surface area contributed by atoms with Gasteiger partial charge in [0.2, 0.25) is 5.89 Å². The van der Waals surface area contributed by atoms with Crippen LogP contribution in [0.4, 0.5) is 5.69 Å². The van der Waals surface area contributed by atoms with E-state index in [9.17, 15) is 0 Å². The molecule has 0 amide bonds. The highest BCUT2D eigenvalue weighted by atomic mass is 16.5. The first-order valence-electron chi connectivity index (χ1n) is 7.80. The van der Waals surface area contributed by atoms with E-state index in [0.29, 0.717) is 18.5 Å². The summed E-state index contributed by atoms with van der Waals surface area (Å²) in [7, 11) is 0. The predicted octanol–water partition coefficient (Wildman–Crippen LogP) is 1.91. The second-order valence-electron chi connectivity index (χ2n) is 5.87. The Labute approximate surface area is 130 Å². The van der Waals surface area contributed by atoms with Gasteiger partial charge < -0.3 is 15.6 Å².